The fraction of sp³-hybridized carbons (Fsp3) is 0.667. The number of hydrogen-bond acceptors (Lipinski definition) is 4. The van der Waals surface area contributed by atoms with Crippen molar-refractivity contribution in [2.24, 2.45) is 5.92 Å². The van der Waals surface area contributed by atoms with Gasteiger partial charge in [0.05, 0.1) is 25.3 Å². The van der Waals surface area contributed by atoms with Crippen LogP contribution in [0.15, 0.2) is 0 Å². The van der Waals surface area contributed by atoms with Crippen LogP contribution in [0.1, 0.15) is 54.9 Å². The van der Waals surface area contributed by atoms with Gasteiger partial charge in [0, 0.05) is 4.88 Å². The molecule has 1 aromatic heterocycles. The number of amides is 1. The van der Waals surface area contributed by atoms with Crippen molar-refractivity contribution < 1.29 is 19.2 Å². The van der Waals surface area contributed by atoms with E-state index in [0.717, 1.165) is 37.9 Å². The molecule has 0 radical (unpaired) electrons. The summed E-state index contributed by atoms with van der Waals surface area (Å²) in [5, 5.41) is 3.65. The average molecular weight is 354 g/mol. The Bertz CT molecular complexity index is 593. The fourth-order valence-corrected chi connectivity index (χ4v) is 4.57. The molecule has 1 aromatic rings. The van der Waals surface area contributed by atoms with Crippen LogP contribution in [0.4, 0.5) is 5.00 Å². The first kappa shape index (κ1) is 18.9. The molecule has 24 heavy (non-hydrogen) atoms. The number of quaternary nitrogens is 1. The molecule has 1 atom stereocenters. The number of ether oxygens (including phenoxy) is 1. The smallest absolute Gasteiger partial charge is 0.341 e. The van der Waals surface area contributed by atoms with Crippen LogP contribution in [0.5, 0.6) is 0 Å². The van der Waals surface area contributed by atoms with Gasteiger partial charge in [0.15, 0.2) is 6.54 Å². The van der Waals surface area contributed by atoms with Gasteiger partial charge in [-0.2, -0.15) is 0 Å². The van der Waals surface area contributed by atoms with Crippen molar-refractivity contribution in [3.8, 4) is 0 Å². The summed E-state index contributed by atoms with van der Waals surface area (Å²) in [6, 6.07) is 0. The summed E-state index contributed by atoms with van der Waals surface area (Å²) in [4.78, 5) is 27.2. The normalized spacial score (nSPS) is 16.8. The van der Waals surface area contributed by atoms with E-state index >= 15 is 0 Å². The van der Waals surface area contributed by atoms with Crippen LogP contribution in [0.3, 0.4) is 0 Å². The first-order valence-electron chi connectivity index (χ1n) is 8.95. The van der Waals surface area contributed by atoms with Crippen LogP contribution in [-0.2, 0) is 22.4 Å². The van der Waals surface area contributed by atoms with Crippen LogP contribution >= 0.6 is 11.3 Å². The lowest BCUT2D eigenvalue weighted by atomic mass is 9.88. The molecule has 1 amide bonds. The lowest BCUT2D eigenvalue weighted by Gasteiger charge is -2.18. The highest BCUT2D eigenvalue weighted by Crippen LogP contribution is 2.40. The lowest BCUT2D eigenvalue weighted by molar-refractivity contribution is -0.888. The number of rotatable bonds is 7. The number of anilines is 1. The van der Waals surface area contributed by atoms with Crippen molar-refractivity contribution in [3.05, 3.63) is 16.0 Å². The molecule has 1 aliphatic rings. The topological polar surface area (TPSA) is 59.8 Å². The van der Waals surface area contributed by atoms with Gasteiger partial charge < -0.3 is 15.0 Å². The van der Waals surface area contributed by atoms with Crippen LogP contribution in [0, 0.1) is 5.92 Å². The molecule has 2 N–H and O–H groups in total. The van der Waals surface area contributed by atoms with Gasteiger partial charge in [-0.15, -0.1) is 11.3 Å². The Balaban J connectivity index is 2.24. The standard InChI is InChI=1S/C18H28N2O3S/c1-5-20(6-2)11-15(21)19-17-16(18(22)23-7-3)13-9-8-12(4)10-14(13)24-17/h12H,5-11H2,1-4H3,(H,19,21)/p+1/t12-/m0/s1. The Morgan fingerprint density at radius 1 is 1.29 bits per heavy atom. The third kappa shape index (κ3) is 4.36. The quantitative estimate of drug-likeness (QED) is 0.736. The second-order valence-electron chi connectivity index (χ2n) is 6.46. The predicted molar refractivity (Wildman–Crippen MR) is 97.0 cm³/mol. The molecule has 5 nitrogen and oxygen atoms in total. The van der Waals surface area contributed by atoms with Crippen LogP contribution in [0.25, 0.3) is 0 Å². The highest BCUT2D eigenvalue weighted by molar-refractivity contribution is 7.17. The highest BCUT2D eigenvalue weighted by atomic mass is 32.1. The molecule has 2 rings (SSSR count). The number of likely N-dealkylation sites (N-methyl/N-ethyl adjacent to an activating group) is 1. The first-order chi connectivity index (χ1) is 11.5. The SMILES string of the molecule is CCOC(=O)c1c(NC(=O)C[NH+](CC)CC)sc2c1CC[C@H](C)C2. The number of thiophene rings is 1. The minimum absolute atomic E-state index is 0.0362. The van der Waals surface area contributed by atoms with Crippen molar-refractivity contribution in [1.82, 2.24) is 0 Å². The van der Waals surface area contributed by atoms with E-state index in [0.29, 0.717) is 29.6 Å². The van der Waals surface area contributed by atoms with E-state index in [1.807, 2.05) is 0 Å². The Morgan fingerprint density at radius 2 is 2.00 bits per heavy atom. The summed E-state index contributed by atoms with van der Waals surface area (Å²) in [6.45, 7) is 10.8. The van der Waals surface area contributed by atoms with Crippen LogP contribution < -0.4 is 10.2 Å². The van der Waals surface area contributed by atoms with E-state index < -0.39 is 0 Å². The summed E-state index contributed by atoms with van der Waals surface area (Å²) in [6.07, 6.45) is 2.94. The summed E-state index contributed by atoms with van der Waals surface area (Å²) >= 11 is 1.55. The van der Waals surface area contributed by atoms with Crippen molar-refractivity contribution in [2.75, 3.05) is 31.6 Å². The molecular formula is C18H29N2O3S+. The molecule has 1 aliphatic carbocycles. The maximum Gasteiger partial charge on any atom is 0.341 e. The second kappa shape index (κ2) is 8.62. The molecular weight excluding hydrogens is 324 g/mol. The first-order valence-corrected chi connectivity index (χ1v) is 9.76. The Labute approximate surface area is 148 Å². The summed E-state index contributed by atoms with van der Waals surface area (Å²) in [5.41, 5.74) is 1.67. The van der Waals surface area contributed by atoms with E-state index in [1.165, 1.54) is 9.78 Å². The molecule has 6 heteroatoms. The third-order valence-electron chi connectivity index (χ3n) is 4.65. The molecule has 0 saturated carbocycles. The van der Waals surface area contributed by atoms with E-state index in [-0.39, 0.29) is 11.9 Å². The van der Waals surface area contributed by atoms with Crippen molar-refractivity contribution in [1.29, 1.82) is 0 Å². The van der Waals surface area contributed by atoms with Crippen LogP contribution in [0.2, 0.25) is 0 Å². The number of carbonyl (C=O) groups excluding carboxylic acids is 2. The molecule has 0 aromatic carbocycles. The molecule has 134 valence electrons. The van der Waals surface area contributed by atoms with Gasteiger partial charge in [-0.1, -0.05) is 6.92 Å². The van der Waals surface area contributed by atoms with Crippen molar-refractivity contribution in [2.45, 2.75) is 47.0 Å². The maximum absolute atomic E-state index is 12.4. The largest absolute Gasteiger partial charge is 0.462 e. The summed E-state index contributed by atoms with van der Waals surface area (Å²) in [7, 11) is 0. The molecule has 1 heterocycles. The Hall–Kier alpha value is -1.40. The lowest BCUT2D eigenvalue weighted by Crippen LogP contribution is -3.12. The third-order valence-corrected chi connectivity index (χ3v) is 5.82. The maximum atomic E-state index is 12.4. The second-order valence-corrected chi connectivity index (χ2v) is 7.56. The van der Waals surface area contributed by atoms with Crippen molar-refractivity contribution in [3.63, 3.8) is 0 Å². The van der Waals surface area contributed by atoms with Gasteiger partial charge in [-0.25, -0.2) is 4.79 Å². The average Bonchev–Trinajstić information content (AvgIpc) is 2.89. The zero-order chi connectivity index (χ0) is 17.7. The zero-order valence-electron chi connectivity index (χ0n) is 15.2. The molecule has 0 unspecified atom stereocenters. The Kier molecular flexibility index (Phi) is 6.80. The zero-order valence-corrected chi connectivity index (χ0v) is 16.0. The predicted octanol–water partition coefficient (Wildman–Crippen LogP) is 1.91. The van der Waals surface area contributed by atoms with Gasteiger partial charge in [0.1, 0.15) is 5.00 Å². The molecule has 0 aliphatic heterocycles. The molecule has 0 fully saturated rings. The summed E-state index contributed by atoms with van der Waals surface area (Å²) in [5.74, 6) is 0.274. The van der Waals surface area contributed by atoms with Gasteiger partial charge in [-0.05, 0) is 51.5 Å². The van der Waals surface area contributed by atoms with Gasteiger partial charge in [0.25, 0.3) is 5.91 Å². The van der Waals surface area contributed by atoms with Gasteiger partial charge in [-0.3, -0.25) is 4.79 Å². The number of carbonyl (C=O) groups is 2. The van der Waals surface area contributed by atoms with Gasteiger partial charge >= 0.3 is 5.97 Å². The highest BCUT2D eigenvalue weighted by Gasteiger charge is 2.29. The minimum Gasteiger partial charge on any atom is -0.462 e. The minimum atomic E-state index is -0.310. The van der Waals surface area contributed by atoms with Crippen molar-refractivity contribution >= 4 is 28.2 Å². The van der Waals surface area contributed by atoms with E-state index in [4.69, 9.17) is 4.74 Å². The van der Waals surface area contributed by atoms with E-state index in [2.05, 4.69) is 26.1 Å². The molecule has 0 saturated heterocycles. The van der Waals surface area contributed by atoms with Crippen LogP contribution in [-0.4, -0.2) is 38.1 Å². The number of fused-ring (bicyclic) bond motifs is 1. The van der Waals surface area contributed by atoms with E-state index in [9.17, 15) is 9.59 Å². The van der Waals surface area contributed by atoms with Gasteiger partial charge in [0.2, 0.25) is 0 Å². The Morgan fingerprint density at radius 3 is 2.62 bits per heavy atom. The fourth-order valence-electron chi connectivity index (χ4n) is 3.16. The van der Waals surface area contributed by atoms with E-state index in [1.54, 1.807) is 18.3 Å². The summed E-state index contributed by atoms with van der Waals surface area (Å²) < 4.78 is 5.24. The number of nitrogens with one attached hydrogen (secondary N) is 2. The molecule has 0 spiro atoms. The number of hydrogen-bond donors (Lipinski definition) is 2. The molecule has 0 bridgehead atoms. The monoisotopic (exact) mass is 353 g/mol. The number of esters is 1.